The normalized spacial score (nSPS) is 18.7. The third-order valence-electron chi connectivity index (χ3n) is 13.1. The summed E-state index contributed by atoms with van der Waals surface area (Å²) in [6.45, 7) is 5.72. The van der Waals surface area contributed by atoms with Gasteiger partial charge < -0.3 is 39.0 Å². The maximum Gasteiger partial charge on any atom is 0.335 e. The molecule has 1 aliphatic rings. The van der Waals surface area contributed by atoms with Crippen LogP contribution in [0.2, 0.25) is 0 Å². The number of aliphatic hydroxyl groups is 2. The zero-order valence-electron chi connectivity index (χ0n) is 48.2. The summed E-state index contributed by atoms with van der Waals surface area (Å²) in [5.41, 5.74) is 0. The predicted molar refractivity (Wildman–Crippen MR) is 312 cm³/mol. The van der Waals surface area contributed by atoms with E-state index in [2.05, 4.69) is 93.7 Å². The van der Waals surface area contributed by atoms with E-state index in [1.807, 2.05) is 18.2 Å². The van der Waals surface area contributed by atoms with Gasteiger partial charge in [0.15, 0.2) is 24.6 Å². The Morgan fingerprint density at radius 3 is 1.38 bits per heavy atom. The number of carbonyl (C=O) groups is 4. The van der Waals surface area contributed by atoms with Gasteiger partial charge in [0.2, 0.25) is 0 Å². The molecule has 6 unspecified atom stereocenters. The van der Waals surface area contributed by atoms with Crippen molar-refractivity contribution < 1.29 is 58.2 Å². The average Bonchev–Trinajstić information content (AvgIpc) is 3.41. The summed E-state index contributed by atoms with van der Waals surface area (Å²) in [6.07, 6.45) is 56.9. The fourth-order valence-electron chi connectivity index (χ4n) is 8.53. The van der Waals surface area contributed by atoms with Gasteiger partial charge in [-0.15, -0.1) is 0 Å². The zero-order chi connectivity index (χ0) is 56.1. The Kier molecular flexibility index (Phi) is 48.0. The van der Waals surface area contributed by atoms with Gasteiger partial charge in [0.05, 0.1) is 13.0 Å². The molecule has 0 saturated carbocycles. The van der Waals surface area contributed by atoms with Crippen molar-refractivity contribution in [1.29, 1.82) is 0 Å². The molecule has 1 rings (SSSR count). The highest BCUT2D eigenvalue weighted by Gasteiger charge is 2.50. The molecule has 0 spiro atoms. The number of aliphatic hydroxyl groups excluding tert-OH is 2. The van der Waals surface area contributed by atoms with Crippen LogP contribution in [0.15, 0.2) is 97.2 Å². The van der Waals surface area contributed by atoms with Crippen molar-refractivity contribution in [3.8, 4) is 0 Å². The van der Waals surface area contributed by atoms with Crippen LogP contribution in [0.1, 0.15) is 239 Å². The number of allylic oxidation sites excluding steroid dienone is 15. The van der Waals surface area contributed by atoms with E-state index in [4.69, 9.17) is 23.7 Å². The first-order chi connectivity index (χ1) is 37.6. The molecule has 1 fully saturated rings. The number of carboxylic acids is 1. The number of carbonyl (C=O) groups excluding carboxylic acids is 3. The Labute approximate surface area is 466 Å². The highest BCUT2D eigenvalue weighted by Crippen LogP contribution is 2.26. The van der Waals surface area contributed by atoms with E-state index in [0.717, 1.165) is 96.3 Å². The maximum atomic E-state index is 13.1. The van der Waals surface area contributed by atoms with E-state index in [1.54, 1.807) is 6.08 Å². The van der Waals surface area contributed by atoms with E-state index < -0.39 is 67.3 Å². The first kappa shape index (κ1) is 70.7. The molecule has 0 aromatic rings. The molecular formula is C65H106O12. The number of hydrogen-bond donors (Lipinski definition) is 3. The van der Waals surface area contributed by atoms with Crippen LogP contribution < -0.4 is 0 Å². The number of esters is 3. The smallest absolute Gasteiger partial charge is 0.335 e. The van der Waals surface area contributed by atoms with E-state index in [0.29, 0.717) is 19.3 Å². The van der Waals surface area contributed by atoms with E-state index in [9.17, 15) is 34.5 Å². The predicted octanol–water partition coefficient (Wildman–Crippen LogP) is 15.7. The molecule has 12 nitrogen and oxygen atoms in total. The number of unbranched alkanes of at least 4 members (excludes halogenated alkanes) is 21. The van der Waals surface area contributed by atoms with Crippen molar-refractivity contribution in [2.75, 3.05) is 13.2 Å². The van der Waals surface area contributed by atoms with Crippen molar-refractivity contribution in [1.82, 2.24) is 0 Å². The number of ether oxygens (including phenoxy) is 5. The van der Waals surface area contributed by atoms with Crippen LogP contribution in [0.4, 0.5) is 0 Å². The first-order valence-corrected chi connectivity index (χ1v) is 30.2. The monoisotopic (exact) mass is 1080 g/mol. The molecule has 3 N–H and O–H groups in total. The molecule has 0 bridgehead atoms. The molecule has 0 aromatic carbocycles. The molecule has 0 amide bonds. The van der Waals surface area contributed by atoms with Gasteiger partial charge in [-0.1, -0.05) is 221 Å². The SMILES string of the molecule is CC/C=C\C/C=C\C/C=C\C/C=C\C/C=C\CC(=O)OC(COC(=O)CCCCCCCCCCC/C=C\CCCCCCCC)COC1OC(C(=O)O)C(O)C(O)C1OC(=O)CCCCCCC/C=C\C/C=C\CCC. The van der Waals surface area contributed by atoms with Crippen LogP contribution in [0.5, 0.6) is 0 Å². The van der Waals surface area contributed by atoms with Crippen molar-refractivity contribution in [3.63, 3.8) is 0 Å². The molecule has 0 aliphatic carbocycles. The number of aliphatic carboxylic acids is 1. The summed E-state index contributed by atoms with van der Waals surface area (Å²) >= 11 is 0. The van der Waals surface area contributed by atoms with Gasteiger partial charge >= 0.3 is 23.9 Å². The minimum absolute atomic E-state index is 0.0298. The van der Waals surface area contributed by atoms with Gasteiger partial charge in [-0.3, -0.25) is 14.4 Å². The molecule has 1 aliphatic heterocycles. The summed E-state index contributed by atoms with van der Waals surface area (Å²) in [5.74, 6) is -3.31. The van der Waals surface area contributed by atoms with Crippen LogP contribution in [0.3, 0.4) is 0 Å². The minimum atomic E-state index is -1.92. The Hall–Kier alpha value is -4.36. The third kappa shape index (κ3) is 42.3. The lowest BCUT2D eigenvalue weighted by Gasteiger charge is -2.40. The summed E-state index contributed by atoms with van der Waals surface area (Å²) in [7, 11) is 0. The van der Waals surface area contributed by atoms with E-state index in [-0.39, 0.29) is 25.9 Å². The molecule has 0 aromatic heterocycles. The molecule has 12 heteroatoms. The Balaban J connectivity index is 2.73. The molecule has 77 heavy (non-hydrogen) atoms. The fraction of sp³-hybridized carbons (Fsp3) is 0.692. The maximum absolute atomic E-state index is 13.1. The van der Waals surface area contributed by atoms with Crippen molar-refractivity contribution in [2.24, 2.45) is 0 Å². The number of carboxylic acid groups (broad SMARTS) is 1. The standard InChI is InChI=1S/C65H106O12/c1-4-7-10-13-16-19-22-25-27-28-29-30-32-34-36-39-42-45-48-51-57(66)73-54-56(75-58(67)52-49-46-43-40-38-35-31-26-23-20-17-14-11-8-5-2)55-74-65-63(61(70)60(69)62(77-65)64(71)72)76-59(68)53-50-47-44-41-37-33-24-21-18-15-12-9-6-3/h8,11-12,15,17,20-21,24-27,31,38,40,46,49,56,60-63,65,69-70H,4-7,9-10,13-14,16,18-19,22-23,28-30,32-37,39,41-45,47-48,50-55H2,1-3H3,(H,71,72)/b11-8-,15-12-,20-17-,24-21-,27-25-,31-26-,40-38-,49-46-. The third-order valence-corrected chi connectivity index (χ3v) is 13.1. The summed E-state index contributed by atoms with van der Waals surface area (Å²) in [6, 6.07) is 0. The average molecular weight is 1080 g/mol. The highest BCUT2D eigenvalue weighted by molar-refractivity contribution is 5.74. The van der Waals surface area contributed by atoms with Crippen molar-refractivity contribution in [3.05, 3.63) is 97.2 Å². The van der Waals surface area contributed by atoms with Gasteiger partial charge in [-0.05, 0) is 96.3 Å². The number of hydrogen-bond acceptors (Lipinski definition) is 11. The topological polar surface area (TPSA) is 175 Å². The summed E-state index contributed by atoms with van der Waals surface area (Å²) in [5, 5.41) is 31.5. The van der Waals surface area contributed by atoms with Gasteiger partial charge in [-0.2, -0.15) is 0 Å². The summed E-state index contributed by atoms with van der Waals surface area (Å²) < 4.78 is 28.3. The van der Waals surface area contributed by atoms with Gasteiger partial charge in [0.1, 0.15) is 18.8 Å². The summed E-state index contributed by atoms with van der Waals surface area (Å²) in [4.78, 5) is 51.1. The first-order valence-electron chi connectivity index (χ1n) is 30.2. The van der Waals surface area contributed by atoms with Gasteiger partial charge in [-0.25, -0.2) is 4.79 Å². The second kappa shape index (κ2) is 52.3. The van der Waals surface area contributed by atoms with Crippen molar-refractivity contribution >= 4 is 23.9 Å². The molecule has 6 atom stereocenters. The second-order valence-corrected chi connectivity index (χ2v) is 20.3. The lowest BCUT2D eigenvalue weighted by atomic mass is 9.98. The van der Waals surface area contributed by atoms with E-state index in [1.165, 1.54) is 83.5 Å². The largest absolute Gasteiger partial charge is 0.479 e. The highest BCUT2D eigenvalue weighted by atomic mass is 16.7. The molecule has 1 saturated heterocycles. The van der Waals surface area contributed by atoms with Crippen molar-refractivity contribution in [2.45, 2.75) is 276 Å². The Bertz CT molecular complexity index is 1710. The Morgan fingerprint density at radius 1 is 0.455 bits per heavy atom. The van der Waals surface area contributed by atoms with Crippen LogP contribution in [0.25, 0.3) is 0 Å². The molecule has 1 heterocycles. The van der Waals surface area contributed by atoms with Crippen LogP contribution in [-0.2, 0) is 42.9 Å². The zero-order valence-corrected chi connectivity index (χ0v) is 48.2. The Morgan fingerprint density at radius 2 is 0.883 bits per heavy atom. The minimum Gasteiger partial charge on any atom is -0.479 e. The lowest BCUT2D eigenvalue weighted by molar-refractivity contribution is -0.301. The van der Waals surface area contributed by atoms with Gasteiger partial charge in [0, 0.05) is 12.8 Å². The fourth-order valence-corrected chi connectivity index (χ4v) is 8.53. The molecular weight excluding hydrogens is 973 g/mol. The van der Waals surface area contributed by atoms with Crippen LogP contribution >= 0.6 is 0 Å². The number of rotatable bonds is 50. The van der Waals surface area contributed by atoms with E-state index >= 15 is 0 Å². The van der Waals surface area contributed by atoms with Crippen LogP contribution in [-0.4, -0.2) is 89.2 Å². The van der Waals surface area contributed by atoms with Crippen LogP contribution in [0, 0.1) is 0 Å². The second-order valence-electron chi connectivity index (χ2n) is 20.3. The quantitative estimate of drug-likeness (QED) is 0.0228. The van der Waals surface area contributed by atoms with Gasteiger partial charge in [0.25, 0.3) is 0 Å². The molecule has 438 valence electrons. The lowest BCUT2D eigenvalue weighted by Crippen LogP contribution is -2.61. The molecule has 0 radical (unpaired) electrons.